The van der Waals surface area contributed by atoms with Gasteiger partial charge in [0.15, 0.2) is 0 Å². The van der Waals surface area contributed by atoms with Crippen LogP contribution in [0.3, 0.4) is 0 Å². The van der Waals surface area contributed by atoms with Gasteiger partial charge in [0, 0.05) is 25.2 Å². The highest BCUT2D eigenvalue weighted by molar-refractivity contribution is 4.94. The van der Waals surface area contributed by atoms with Gasteiger partial charge >= 0.3 is 6.18 Å². The van der Waals surface area contributed by atoms with E-state index >= 15 is 0 Å². The summed E-state index contributed by atoms with van der Waals surface area (Å²) in [4.78, 5) is 0. The third-order valence-electron chi connectivity index (χ3n) is 2.70. The minimum Gasteiger partial charge on any atom is -0.396 e. The second-order valence-corrected chi connectivity index (χ2v) is 4.36. The monoisotopic (exact) mass is 241 g/mol. The van der Waals surface area contributed by atoms with E-state index in [9.17, 15) is 13.2 Å². The van der Waals surface area contributed by atoms with Crippen molar-refractivity contribution in [2.24, 2.45) is 5.41 Å². The van der Waals surface area contributed by atoms with E-state index in [-0.39, 0.29) is 18.6 Å². The molecule has 16 heavy (non-hydrogen) atoms. The number of aliphatic hydroxyl groups excluding tert-OH is 1. The van der Waals surface area contributed by atoms with Crippen molar-refractivity contribution in [3.05, 3.63) is 0 Å². The van der Waals surface area contributed by atoms with Crippen LogP contribution >= 0.6 is 0 Å². The van der Waals surface area contributed by atoms with E-state index in [1.807, 2.05) is 0 Å². The van der Waals surface area contributed by atoms with Crippen molar-refractivity contribution in [2.75, 3.05) is 32.9 Å². The number of aliphatic hydroxyl groups is 1. The fraction of sp³-hybridized carbons (Fsp3) is 1.00. The molecule has 2 N–H and O–H groups in total. The van der Waals surface area contributed by atoms with Crippen LogP contribution in [-0.4, -0.2) is 44.2 Å². The molecule has 0 amide bonds. The first-order chi connectivity index (χ1) is 7.47. The lowest BCUT2D eigenvalue weighted by atomic mass is 10.1. The van der Waals surface area contributed by atoms with Gasteiger partial charge in [0.05, 0.1) is 0 Å². The minimum atomic E-state index is -4.23. The Kier molecular flexibility index (Phi) is 5.01. The second-order valence-electron chi connectivity index (χ2n) is 4.36. The van der Waals surface area contributed by atoms with Crippen LogP contribution in [0.25, 0.3) is 0 Å². The van der Waals surface area contributed by atoms with E-state index in [0.717, 1.165) is 19.4 Å². The molecule has 1 aliphatic carbocycles. The van der Waals surface area contributed by atoms with Gasteiger partial charge in [-0.15, -0.1) is 0 Å². The third kappa shape index (κ3) is 5.67. The molecule has 0 bridgehead atoms. The van der Waals surface area contributed by atoms with Crippen LogP contribution in [0.2, 0.25) is 0 Å². The predicted molar refractivity (Wildman–Crippen MR) is 53.1 cm³/mol. The summed E-state index contributed by atoms with van der Waals surface area (Å²) in [6.07, 6.45) is -1.62. The van der Waals surface area contributed by atoms with E-state index in [1.165, 1.54) is 0 Å². The van der Waals surface area contributed by atoms with Crippen molar-refractivity contribution in [1.29, 1.82) is 0 Å². The van der Waals surface area contributed by atoms with Gasteiger partial charge in [0.2, 0.25) is 0 Å². The maximum absolute atomic E-state index is 11.7. The molecule has 0 aliphatic heterocycles. The molecule has 0 aromatic carbocycles. The van der Waals surface area contributed by atoms with Crippen LogP contribution in [0, 0.1) is 5.41 Å². The zero-order valence-electron chi connectivity index (χ0n) is 9.15. The van der Waals surface area contributed by atoms with Gasteiger partial charge in [0.25, 0.3) is 0 Å². The summed E-state index contributed by atoms with van der Waals surface area (Å²) in [6, 6.07) is 0. The van der Waals surface area contributed by atoms with Gasteiger partial charge in [-0.2, -0.15) is 13.2 Å². The fourth-order valence-electron chi connectivity index (χ4n) is 1.41. The Balaban J connectivity index is 1.85. The first kappa shape index (κ1) is 13.7. The number of hydrogen-bond donors (Lipinski definition) is 2. The molecule has 0 radical (unpaired) electrons. The van der Waals surface area contributed by atoms with Crippen molar-refractivity contribution in [1.82, 2.24) is 5.32 Å². The topological polar surface area (TPSA) is 41.5 Å². The summed E-state index contributed by atoms with van der Waals surface area (Å²) in [7, 11) is 0. The van der Waals surface area contributed by atoms with E-state index in [0.29, 0.717) is 13.0 Å². The lowest BCUT2D eigenvalue weighted by Gasteiger charge is -2.12. The number of halogens is 3. The van der Waals surface area contributed by atoms with Gasteiger partial charge in [-0.1, -0.05) is 0 Å². The van der Waals surface area contributed by atoms with E-state index in [4.69, 9.17) is 5.11 Å². The average Bonchev–Trinajstić information content (AvgIpc) is 2.96. The maximum atomic E-state index is 11.7. The summed E-state index contributed by atoms with van der Waals surface area (Å²) in [5.74, 6) is 0. The highest BCUT2D eigenvalue weighted by atomic mass is 19.4. The van der Waals surface area contributed by atoms with Crippen LogP contribution < -0.4 is 5.32 Å². The lowest BCUT2D eigenvalue weighted by molar-refractivity contribution is -0.173. The molecule has 0 atom stereocenters. The Labute approximate surface area is 93.0 Å². The van der Waals surface area contributed by atoms with Gasteiger partial charge in [-0.3, -0.25) is 0 Å². The SMILES string of the molecule is OCC1(CNCCCOCC(F)(F)F)CC1. The highest BCUT2D eigenvalue weighted by Crippen LogP contribution is 2.44. The van der Waals surface area contributed by atoms with Crippen molar-refractivity contribution in [3.63, 3.8) is 0 Å². The van der Waals surface area contributed by atoms with E-state index in [1.54, 1.807) is 0 Å². The average molecular weight is 241 g/mol. The van der Waals surface area contributed by atoms with Crippen LogP contribution in [-0.2, 0) is 4.74 Å². The standard InChI is InChI=1S/C10H18F3NO2/c11-10(12,13)8-16-5-1-4-14-6-9(7-15)2-3-9/h14-15H,1-8H2. The molecular weight excluding hydrogens is 223 g/mol. The van der Waals surface area contributed by atoms with Crippen LogP contribution in [0.4, 0.5) is 13.2 Å². The zero-order valence-corrected chi connectivity index (χ0v) is 9.15. The molecule has 1 rings (SSSR count). The molecule has 1 fully saturated rings. The molecule has 1 saturated carbocycles. The molecule has 0 spiro atoms. The van der Waals surface area contributed by atoms with Crippen molar-refractivity contribution < 1.29 is 23.0 Å². The van der Waals surface area contributed by atoms with Gasteiger partial charge in [0.1, 0.15) is 6.61 Å². The number of alkyl halides is 3. The predicted octanol–water partition coefficient (Wildman–Crippen LogP) is 1.32. The Bertz CT molecular complexity index is 205. The van der Waals surface area contributed by atoms with Crippen molar-refractivity contribution in [3.8, 4) is 0 Å². The zero-order chi connectivity index (χ0) is 12.1. The molecule has 6 heteroatoms. The first-order valence-corrected chi connectivity index (χ1v) is 5.44. The van der Waals surface area contributed by atoms with Gasteiger partial charge in [-0.25, -0.2) is 0 Å². The van der Waals surface area contributed by atoms with Gasteiger partial charge < -0.3 is 15.2 Å². The van der Waals surface area contributed by atoms with Crippen LogP contribution in [0.5, 0.6) is 0 Å². The Morgan fingerprint density at radius 2 is 2.00 bits per heavy atom. The smallest absolute Gasteiger partial charge is 0.396 e. The number of rotatable bonds is 8. The number of hydrogen-bond acceptors (Lipinski definition) is 3. The summed E-state index contributed by atoms with van der Waals surface area (Å²) < 4.78 is 39.5. The molecule has 0 heterocycles. The van der Waals surface area contributed by atoms with Crippen molar-refractivity contribution in [2.45, 2.75) is 25.4 Å². The Morgan fingerprint density at radius 3 is 2.50 bits per heavy atom. The normalized spacial score (nSPS) is 18.8. The molecule has 0 aromatic heterocycles. The Morgan fingerprint density at radius 1 is 1.31 bits per heavy atom. The molecule has 3 nitrogen and oxygen atoms in total. The number of ether oxygens (including phenoxy) is 1. The Hall–Kier alpha value is -0.330. The molecule has 0 unspecified atom stereocenters. The summed E-state index contributed by atoms with van der Waals surface area (Å²) in [6.45, 7) is 0.485. The second kappa shape index (κ2) is 5.84. The van der Waals surface area contributed by atoms with Gasteiger partial charge in [-0.05, 0) is 25.8 Å². The van der Waals surface area contributed by atoms with Crippen LogP contribution in [0.1, 0.15) is 19.3 Å². The number of nitrogens with one attached hydrogen (secondary N) is 1. The van der Waals surface area contributed by atoms with Crippen LogP contribution in [0.15, 0.2) is 0 Å². The summed E-state index contributed by atoms with van der Waals surface area (Å²) >= 11 is 0. The molecule has 0 saturated heterocycles. The molecule has 0 aromatic rings. The quantitative estimate of drug-likeness (QED) is 0.630. The maximum Gasteiger partial charge on any atom is 0.411 e. The fourth-order valence-corrected chi connectivity index (χ4v) is 1.41. The molecule has 96 valence electrons. The lowest BCUT2D eigenvalue weighted by Crippen LogP contribution is -2.28. The highest BCUT2D eigenvalue weighted by Gasteiger charge is 2.41. The largest absolute Gasteiger partial charge is 0.411 e. The first-order valence-electron chi connectivity index (χ1n) is 5.44. The van der Waals surface area contributed by atoms with E-state index < -0.39 is 12.8 Å². The summed E-state index contributed by atoms with van der Waals surface area (Å²) in [5, 5.41) is 12.1. The molecule has 1 aliphatic rings. The van der Waals surface area contributed by atoms with Crippen molar-refractivity contribution >= 4 is 0 Å². The third-order valence-corrected chi connectivity index (χ3v) is 2.70. The minimum absolute atomic E-state index is 0.0484. The molecular formula is C10H18F3NO2. The van der Waals surface area contributed by atoms with E-state index in [2.05, 4.69) is 10.1 Å². The summed E-state index contributed by atoms with van der Waals surface area (Å²) in [5.41, 5.74) is 0.0484.